The molecule has 3 atom stereocenters. The highest BCUT2D eigenvalue weighted by molar-refractivity contribution is 5.96. The van der Waals surface area contributed by atoms with E-state index >= 15 is 0 Å². The predicted molar refractivity (Wildman–Crippen MR) is 71.5 cm³/mol. The van der Waals surface area contributed by atoms with E-state index in [0.29, 0.717) is 11.5 Å². The van der Waals surface area contributed by atoms with E-state index in [2.05, 4.69) is 12.2 Å². The Morgan fingerprint density at radius 2 is 2.21 bits per heavy atom. The van der Waals surface area contributed by atoms with Crippen molar-refractivity contribution < 1.29 is 9.18 Å². The molecule has 0 aromatic heterocycles. The van der Waals surface area contributed by atoms with Gasteiger partial charge in [0.15, 0.2) is 0 Å². The van der Waals surface area contributed by atoms with Gasteiger partial charge in [-0.15, -0.1) is 0 Å². The molecule has 2 fully saturated rings. The summed E-state index contributed by atoms with van der Waals surface area (Å²) >= 11 is 0. The fraction of sp³-hybridized carbons (Fsp3) is 0.533. The average Bonchev–Trinajstić information content (AvgIpc) is 2.91. The van der Waals surface area contributed by atoms with E-state index in [1.54, 1.807) is 6.07 Å². The van der Waals surface area contributed by atoms with E-state index in [-0.39, 0.29) is 23.8 Å². The lowest BCUT2D eigenvalue weighted by atomic mass is 10.0. The quantitative estimate of drug-likeness (QED) is 0.839. The monoisotopic (exact) mass is 262 g/mol. The van der Waals surface area contributed by atoms with E-state index in [4.69, 9.17) is 0 Å². The zero-order valence-corrected chi connectivity index (χ0v) is 11.3. The van der Waals surface area contributed by atoms with Crippen LogP contribution in [0.2, 0.25) is 0 Å². The molecule has 2 aliphatic rings. The third-order valence-corrected chi connectivity index (χ3v) is 4.44. The zero-order valence-electron chi connectivity index (χ0n) is 11.3. The second-order valence-corrected chi connectivity index (χ2v) is 5.74. The maximum Gasteiger partial charge on any atom is 0.254 e. The van der Waals surface area contributed by atoms with Crippen LogP contribution in [0, 0.1) is 18.7 Å². The van der Waals surface area contributed by atoms with E-state index in [1.807, 2.05) is 11.8 Å². The summed E-state index contributed by atoms with van der Waals surface area (Å²) in [4.78, 5) is 14.7. The summed E-state index contributed by atoms with van der Waals surface area (Å²) in [5.74, 6) is 0.176. The summed E-state index contributed by atoms with van der Waals surface area (Å²) in [6, 6.07) is 4.95. The van der Waals surface area contributed by atoms with Gasteiger partial charge in [-0.05, 0) is 43.9 Å². The van der Waals surface area contributed by atoms with Crippen LogP contribution in [0.4, 0.5) is 4.39 Å². The lowest BCUT2D eigenvalue weighted by molar-refractivity contribution is 0.0681. The van der Waals surface area contributed by atoms with Gasteiger partial charge in [-0.3, -0.25) is 4.79 Å². The van der Waals surface area contributed by atoms with Crippen LogP contribution in [0.3, 0.4) is 0 Å². The van der Waals surface area contributed by atoms with Crippen LogP contribution in [0.25, 0.3) is 0 Å². The molecule has 0 bridgehead atoms. The number of aryl methyl sites for hydroxylation is 1. The van der Waals surface area contributed by atoms with Gasteiger partial charge in [0, 0.05) is 30.7 Å². The van der Waals surface area contributed by atoms with Gasteiger partial charge in [-0.1, -0.05) is 6.07 Å². The number of amides is 1. The summed E-state index contributed by atoms with van der Waals surface area (Å²) < 4.78 is 13.4. The molecule has 1 amide bonds. The Labute approximate surface area is 112 Å². The Hall–Kier alpha value is -1.42. The molecule has 1 N–H and O–H groups in total. The molecule has 0 aliphatic carbocycles. The van der Waals surface area contributed by atoms with Crippen LogP contribution in [-0.4, -0.2) is 36.0 Å². The fourth-order valence-electron chi connectivity index (χ4n) is 3.48. The van der Waals surface area contributed by atoms with Crippen molar-refractivity contribution in [3.05, 3.63) is 35.1 Å². The van der Waals surface area contributed by atoms with Gasteiger partial charge in [-0.25, -0.2) is 4.39 Å². The normalized spacial score (nSPS) is 29.6. The van der Waals surface area contributed by atoms with Crippen LogP contribution in [0.1, 0.15) is 29.3 Å². The predicted octanol–water partition coefficient (Wildman–Crippen LogP) is 1.96. The van der Waals surface area contributed by atoms with Crippen LogP contribution in [0.5, 0.6) is 0 Å². The summed E-state index contributed by atoms with van der Waals surface area (Å²) in [7, 11) is 0. The van der Waals surface area contributed by atoms with Crippen LogP contribution < -0.4 is 5.32 Å². The number of rotatable bonds is 1. The lowest BCUT2D eigenvalue weighted by Gasteiger charge is -2.28. The average molecular weight is 262 g/mol. The van der Waals surface area contributed by atoms with Crippen molar-refractivity contribution in [1.29, 1.82) is 0 Å². The highest BCUT2D eigenvalue weighted by atomic mass is 19.1. The van der Waals surface area contributed by atoms with E-state index in [9.17, 15) is 9.18 Å². The summed E-state index contributed by atoms with van der Waals surface area (Å²) in [6.45, 7) is 5.79. The summed E-state index contributed by atoms with van der Waals surface area (Å²) in [6.07, 6.45) is 1.04. The first-order chi connectivity index (χ1) is 9.08. The number of nitrogens with zero attached hydrogens (tertiary/aromatic N) is 1. The topological polar surface area (TPSA) is 32.3 Å². The molecule has 3 rings (SSSR count). The number of carbonyl (C=O) groups excluding carboxylic acids is 1. The number of fused-ring (bicyclic) bond motifs is 1. The number of hydrogen-bond acceptors (Lipinski definition) is 2. The highest BCUT2D eigenvalue weighted by Crippen LogP contribution is 2.33. The van der Waals surface area contributed by atoms with Crippen molar-refractivity contribution in [3.8, 4) is 0 Å². The van der Waals surface area contributed by atoms with Gasteiger partial charge < -0.3 is 10.2 Å². The van der Waals surface area contributed by atoms with Crippen molar-refractivity contribution in [1.82, 2.24) is 10.2 Å². The highest BCUT2D eigenvalue weighted by Gasteiger charge is 2.44. The second kappa shape index (κ2) is 4.60. The summed E-state index contributed by atoms with van der Waals surface area (Å²) in [5, 5.41) is 3.34. The molecule has 1 aromatic carbocycles. The molecule has 3 nitrogen and oxygen atoms in total. The number of likely N-dealkylation sites (tertiary alicyclic amines) is 1. The van der Waals surface area contributed by atoms with Gasteiger partial charge in [0.2, 0.25) is 0 Å². The first kappa shape index (κ1) is 12.6. The molecular weight excluding hydrogens is 243 g/mol. The van der Waals surface area contributed by atoms with Gasteiger partial charge in [0.05, 0.1) is 0 Å². The standard InChI is InChI=1S/C15H19FN2O/c1-9-3-4-12(16)6-13(9)15(19)18-10(2)5-11-7-17-8-14(11)18/h3-4,6,10-11,14,17H,5,7-8H2,1-2H3. The maximum absolute atomic E-state index is 13.4. The molecule has 2 saturated heterocycles. The van der Waals surface area contributed by atoms with E-state index in [0.717, 1.165) is 25.1 Å². The van der Waals surface area contributed by atoms with Gasteiger partial charge >= 0.3 is 0 Å². The summed E-state index contributed by atoms with van der Waals surface area (Å²) in [5.41, 5.74) is 1.34. The smallest absolute Gasteiger partial charge is 0.254 e. The minimum atomic E-state index is -0.345. The van der Waals surface area contributed by atoms with Gasteiger partial charge in [0.1, 0.15) is 5.82 Å². The Bertz CT molecular complexity index is 517. The van der Waals surface area contributed by atoms with E-state index in [1.165, 1.54) is 12.1 Å². The molecule has 19 heavy (non-hydrogen) atoms. The Kier molecular flexibility index (Phi) is 3.05. The number of nitrogens with one attached hydrogen (secondary N) is 1. The first-order valence-corrected chi connectivity index (χ1v) is 6.87. The van der Waals surface area contributed by atoms with Crippen molar-refractivity contribution in [2.24, 2.45) is 5.92 Å². The third kappa shape index (κ3) is 2.04. The molecule has 0 saturated carbocycles. The lowest BCUT2D eigenvalue weighted by Crippen LogP contribution is -2.43. The molecule has 0 radical (unpaired) electrons. The van der Waals surface area contributed by atoms with Crippen LogP contribution >= 0.6 is 0 Å². The minimum Gasteiger partial charge on any atom is -0.331 e. The van der Waals surface area contributed by atoms with Gasteiger partial charge in [-0.2, -0.15) is 0 Å². The number of hydrogen-bond donors (Lipinski definition) is 1. The van der Waals surface area contributed by atoms with Gasteiger partial charge in [0.25, 0.3) is 5.91 Å². The van der Waals surface area contributed by atoms with Crippen LogP contribution in [0.15, 0.2) is 18.2 Å². The third-order valence-electron chi connectivity index (χ3n) is 4.44. The second-order valence-electron chi connectivity index (χ2n) is 5.74. The Balaban J connectivity index is 1.93. The maximum atomic E-state index is 13.4. The van der Waals surface area contributed by atoms with Crippen LogP contribution in [-0.2, 0) is 0 Å². The Morgan fingerprint density at radius 1 is 1.42 bits per heavy atom. The molecule has 1 aromatic rings. The molecule has 4 heteroatoms. The number of benzene rings is 1. The molecule has 102 valence electrons. The first-order valence-electron chi connectivity index (χ1n) is 6.87. The van der Waals surface area contributed by atoms with E-state index < -0.39 is 0 Å². The van der Waals surface area contributed by atoms with Crippen molar-refractivity contribution in [3.63, 3.8) is 0 Å². The molecule has 0 spiro atoms. The molecule has 2 heterocycles. The minimum absolute atomic E-state index is 0.0271. The molecule has 3 unspecified atom stereocenters. The molecule has 2 aliphatic heterocycles. The van der Waals surface area contributed by atoms with Crippen molar-refractivity contribution in [2.75, 3.05) is 13.1 Å². The SMILES string of the molecule is Cc1ccc(F)cc1C(=O)N1C(C)CC2CNCC21. The van der Waals surface area contributed by atoms with Crippen molar-refractivity contribution in [2.45, 2.75) is 32.4 Å². The zero-order chi connectivity index (χ0) is 13.6. The number of carbonyl (C=O) groups is 1. The van der Waals surface area contributed by atoms with Crippen molar-refractivity contribution >= 4 is 5.91 Å². The number of halogens is 1. The Morgan fingerprint density at radius 3 is 3.00 bits per heavy atom. The largest absolute Gasteiger partial charge is 0.331 e. The molecular formula is C15H19FN2O. The fourth-order valence-corrected chi connectivity index (χ4v) is 3.48.